The highest BCUT2D eigenvalue weighted by Crippen LogP contribution is 2.20. The Morgan fingerprint density at radius 2 is 1.68 bits per heavy atom. The van der Waals surface area contributed by atoms with Crippen molar-refractivity contribution in [3.8, 4) is 0 Å². The SMILES string of the molecule is N/C(=N\O)c1ccc(CN(NS(=O)(=O)c2ccc3ccccc3c2)C(=O)N2CCCCC2)cc1. The van der Waals surface area contributed by atoms with E-state index < -0.39 is 16.1 Å². The number of carbonyl (C=O) groups excluding carboxylic acids is 1. The summed E-state index contributed by atoms with van der Waals surface area (Å²) in [7, 11) is -4.02. The van der Waals surface area contributed by atoms with Crippen LogP contribution in [0, 0.1) is 0 Å². The number of benzene rings is 3. The summed E-state index contributed by atoms with van der Waals surface area (Å²) in [5, 5.41) is 14.7. The summed E-state index contributed by atoms with van der Waals surface area (Å²) in [4.78, 5) is 17.5. The Bertz CT molecular complexity index is 1300. The molecule has 1 aliphatic rings. The van der Waals surface area contributed by atoms with E-state index in [4.69, 9.17) is 10.9 Å². The molecule has 3 aromatic carbocycles. The number of amides is 2. The first-order chi connectivity index (χ1) is 16.4. The van der Waals surface area contributed by atoms with E-state index in [1.54, 1.807) is 41.3 Å². The summed E-state index contributed by atoms with van der Waals surface area (Å²) >= 11 is 0. The van der Waals surface area contributed by atoms with Crippen LogP contribution < -0.4 is 10.6 Å². The number of nitrogens with one attached hydrogen (secondary N) is 1. The summed E-state index contributed by atoms with van der Waals surface area (Å²) in [6, 6.07) is 18.6. The maximum atomic E-state index is 13.3. The predicted molar refractivity (Wildman–Crippen MR) is 130 cm³/mol. The number of hydrogen-bond acceptors (Lipinski definition) is 5. The van der Waals surface area contributed by atoms with Gasteiger partial charge in [0.15, 0.2) is 5.84 Å². The zero-order valence-electron chi connectivity index (χ0n) is 18.6. The molecule has 0 bridgehead atoms. The summed E-state index contributed by atoms with van der Waals surface area (Å²) < 4.78 is 26.5. The van der Waals surface area contributed by atoms with Gasteiger partial charge in [0.1, 0.15) is 0 Å². The number of hydrazine groups is 1. The number of likely N-dealkylation sites (tertiary alicyclic amines) is 1. The Morgan fingerprint density at radius 1 is 1.00 bits per heavy atom. The lowest BCUT2D eigenvalue weighted by Crippen LogP contribution is -2.52. The Kier molecular flexibility index (Phi) is 6.99. The quantitative estimate of drug-likeness (QED) is 0.215. The van der Waals surface area contributed by atoms with Gasteiger partial charge in [-0.3, -0.25) is 0 Å². The molecule has 34 heavy (non-hydrogen) atoms. The summed E-state index contributed by atoms with van der Waals surface area (Å²) in [6.45, 7) is 1.17. The molecule has 3 aromatic rings. The molecule has 0 spiro atoms. The fourth-order valence-corrected chi connectivity index (χ4v) is 5.02. The Labute approximate surface area is 198 Å². The second kappa shape index (κ2) is 10.1. The van der Waals surface area contributed by atoms with Crippen molar-refractivity contribution in [1.82, 2.24) is 14.7 Å². The number of oxime groups is 1. The van der Waals surface area contributed by atoms with E-state index in [-0.39, 0.29) is 17.3 Å². The number of fused-ring (bicyclic) bond motifs is 1. The van der Waals surface area contributed by atoms with Crippen molar-refractivity contribution in [3.63, 3.8) is 0 Å². The van der Waals surface area contributed by atoms with Crippen molar-refractivity contribution in [2.45, 2.75) is 30.7 Å². The standard InChI is InChI=1S/C24H27N5O4S/c25-23(26-31)20-10-8-18(9-11-20)17-29(24(30)28-14-4-1-5-15-28)27-34(32,33)22-13-12-19-6-2-3-7-21(19)16-22/h2-3,6-13,16,27,31H,1,4-5,14-15,17H2,(H2,25,26). The van der Waals surface area contributed by atoms with Crippen molar-refractivity contribution in [2.75, 3.05) is 13.1 Å². The first kappa shape index (κ1) is 23.5. The molecule has 0 saturated carbocycles. The predicted octanol–water partition coefficient (Wildman–Crippen LogP) is 3.24. The van der Waals surface area contributed by atoms with Gasteiger partial charge in [-0.2, -0.15) is 0 Å². The number of nitrogens with two attached hydrogens (primary N) is 1. The minimum Gasteiger partial charge on any atom is -0.409 e. The van der Waals surface area contributed by atoms with Crippen LogP contribution in [0.5, 0.6) is 0 Å². The van der Waals surface area contributed by atoms with Gasteiger partial charge in [-0.15, -0.1) is 4.83 Å². The normalized spacial score (nSPS) is 14.8. The van der Waals surface area contributed by atoms with Crippen molar-refractivity contribution in [2.24, 2.45) is 10.9 Å². The van der Waals surface area contributed by atoms with Gasteiger partial charge in [-0.1, -0.05) is 59.8 Å². The Hall–Kier alpha value is -3.63. The highest BCUT2D eigenvalue weighted by atomic mass is 32.2. The zero-order valence-corrected chi connectivity index (χ0v) is 19.4. The van der Waals surface area contributed by atoms with E-state index >= 15 is 0 Å². The number of nitrogens with zero attached hydrogens (tertiary/aromatic N) is 3. The number of hydrogen-bond donors (Lipinski definition) is 3. The van der Waals surface area contributed by atoms with Crippen LogP contribution >= 0.6 is 0 Å². The third-order valence-electron chi connectivity index (χ3n) is 5.82. The van der Waals surface area contributed by atoms with Gasteiger partial charge in [0, 0.05) is 18.7 Å². The van der Waals surface area contributed by atoms with E-state index in [0.29, 0.717) is 24.2 Å². The van der Waals surface area contributed by atoms with Crippen LogP contribution in [0.2, 0.25) is 0 Å². The third kappa shape index (κ3) is 5.29. The minimum atomic E-state index is -4.02. The first-order valence-electron chi connectivity index (χ1n) is 11.0. The smallest absolute Gasteiger partial charge is 0.335 e. The summed E-state index contributed by atoms with van der Waals surface area (Å²) in [6.07, 6.45) is 2.80. The van der Waals surface area contributed by atoms with Gasteiger partial charge >= 0.3 is 6.03 Å². The van der Waals surface area contributed by atoms with Gasteiger partial charge in [0.05, 0.1) is 11.4 Å². The largest absolute Gasteiger partial charge is 0.409 e. The molecular formula is C24H27N5O4S. The van der Waals surface area contributed by atoms with Crippen molar-refractivity contribution >= 4 is 32.7 Å². The number of carbonyl (C=O) groups is 1. The maximum absolute atomic E-state index is 13.3. The number of piperidine rings is 1. The lowest BCUT2D eigenvalue weighted by Gasteiger charge is -2.33. The van der Waals surface area contributed by atoms with Crippen LogP contribution in [0.3, 0.4) is 0 Å². The fourth-order valence-electron chi connectivity index (χ4n) is 3.95. The minimum absolute atomic E-state index is 0.0125. The van der Waals surface area contributed by atoms with Crippen molar-refractivity contribution in [1.29, 1.82) is 0 Å². The molecule has 4 rings (SSSR count). The molecule has 0 aromatic heterocycles. The van der Waals surface area contributed by atoms with E-state index in [0.717, 1.165) is 35.0 Å². The number of urea groups is 1. The van der Waals surface area contributed by atoms with E-state index in [1.165, 1.54) is 6.07 Å². The highest BCUT2D eigenvalue weighted by molar-refractivity contribution is 7.89. The molecule has 178 valence electrons. The molecule has 1 heterocycles. The molecule has 10 heteroatoms. The van der Waals surface area contributed by atoms with Gasteiger partial charge in [-0.05, 0) is 47.7 Å². The molecular weight excluding hydrogens is 454 g/mol. The molecule has 1 aliphatic heterocycles. The van der Waals surface area contributed by atoms with Crippen LogP contribution in [0.25, 0.3) is 10.8 Å². The van der Waals surface area contributed by atoms with Crippen LogP contribution in [-0.4, -0.2) is 48.5 Å². The second-order valence-electron chi connectivity index (χ2n) is 8.20. The Morgan fingerprint density at radius 3 is 2.35 bits per heavy atom. The van der Waals surface area contributed by atoms with Crippen molar-refractivity contribution in [3.05, 3.63) is 77.9 Å². The lowest BCUT2D eigenvalue weighted by atomic mass is 10.1. The Balaban J connectivity index is 1.61. The summed E-state index contributed by atoms with van der Waals surface area (Å²) in [5.74, 6) is -0.0372. The fraction of sp³-hybridized carbons (Fsp3) is 0.250. The van der Waals surface area contributed by atoms with E-state index in [2.05, 4.69) is 9.99 Å². The first-order valence-corrected chi connectivity index (χ1v) is 12.5. The van der Waals surface area contributed by atoms with Crippen LogP contribution in [-0.2, 0) is 16.6 Å². The summed E-state index contributed by atoms with van der Waals surface area (Å²) in [5.41, 5.74) is 6.81. The molecule has 9 nitrogen and oxygen atoms in total. The van der Waals surface area contributed by atoms with Gasteiger partial charge in [0.2, 0.25) is 0 Å². The average Bonchev–Trinajstić information content (AvgIpc) is 2.88. The van der Waals surface area contributed by atoms with E-state index in [1.807, 2.05) is 24.3 Å². The van der Waals surface area contributed by atoms with Gasteiger partial charge in [-0.25, -0.2) is 18.2 Å². The van der Waals surface area contributed by atoms with E-state index in [9.17, 15) is 13.2 Å². The van der Waals surface area contributed by atoms with Crippen molar-refractivity contribution < 1.29 is 18.4 Å². The number of amidine groups is 1. The number of sulfonamides is 1. The molecule has 2 amide bonds. The molecule has 0 unspecified atom stereocenters. The topological polar surface area (TPSA) is 128 Å². The second-order valence-corrected chi connectivity index (χ2v) is 9.86. The number of rotatable bonds is 6. The zero-order chi connectivity index (χ0) is 24.1. The van der Waals surface area contributed by atoms with Crippen LogP contribution in [0.15, 0.2) is 76.8 Å². The highest BCUT2D eigenvalue weighted by Gasteiger charge is 2.27. The molecule has 1 fully saturated rings. The third-order valence-corrected chi connectivity index (χ3v) is 7.15. The van der Waals surface area contributed by atoms with Crippen LogP contribution in [0.4, 0.5) is 4.79 Å². The molecule has 0 atom stereocenters. The monoisotopic (exact) mass is 481 g/mol. The molecule has 1 saturated heterocycles. The maximum Gasteiger partial charge on any atom is 0.335 e. The average molecular weight is 482 g/mol. The lowest BCUT2D eigenvalue weighted by molar-refractivity contribution is 0.132. The molecule has 4 N–H and O–H groups in total. The molecule has 0 aliphatic carbocycles. The van der Waals surface area contributed by atoms with Gasteiger partial charge < -0.3 is 15.8 Å². The van der Waals surface area contributed by atoms with Gasteiger partial charge in [0.25, 0.3) is 10.0 Å². The van der Waals surface area contributed by atoms with Crippen LogP contribution in [0.1, 0.15) is 30.4 Å². The molecule has 0 radical (unpaired) electrons.